The fourth-order valence-electron chi connectivity index (χ4n) is 1.07. The summed E-state index contributed by atoms with van der Waals surface area (Å²) < 4.78 is 35.6. The molecule has 0 aromatic heterocycles. The number of rotatable bonds is 5. The van der Waals surface area contributed by atoms with Gasteiger partial charge in [-0.1, -0.05) is 18.2 Å². The Bertz CT molecular complexity index is 394. The third-order valence-corrected chi connectivity index (χ3v) is 3.46. The summed E-state index contributed by atoms with van der Waals surface area (Å²) >= 11 is 0. The average molecular weight is 232 g/mol. The van der Waals surface area contributed by atoms with Crippen molar-refractivity contribution in [2.75, 3.05) is 16.8 Å². The molecule has 0 bridgehead atoms. The van der Waals surface area contributed by atoms with Crippen molar-refractivity contribution < 1.29 is 12.8 Å². The van der Waals surface area contributed by atoms with Crippen LogP contribution in [0, 0.1) is 0 Å². The van der Waals surface area contributed by atoms with Gasteiger partial charge >= 0.3 is 0 Å². The molecule has 0 spiro atoms. The lowest BCUT2D eigenvalue weighted by Crippen LogP contribution is -2.39. The zero-order valence-electron chi connectivity index (χ0n) is 8.14. The number of hydrogen-bond donors (Lipinski definition) is 1. The average Bonchev–Trinajstić information content (AvgIpc) is 2.26. The largest absolute Gasteiger partial charge is 0.251 e. The summed E-state index contributed by atoms with van der Waals surface area (Å²) in [5.41, 5.74) is 0.372. The molecule has 1 rings (SSSR count). The second kappa shape index (κ2) is 5.09. The van der Waals surface area contributed by atoms with Gasteiger partial charge in [0.05, 0.1) is 18.1 Å². The van der Waals surface area contributed by atoms with Crippen LogP contribution in [0.5, 0.6) is 0 Å². The van der Waals surface area contributed by atoms with Gasteiger partial charge in [-0.3, -0.25) is 4.39 Å². The number of benzene rings is 1. The highest BCUT2D eigenvalue weighted by Gasteiger charge is 2.18. The highest BCUT2D eigenvalue weighted by atomic mass is 32.2. The normalized spacial score (nSPS) is 11.3. The number of hydrazine groups is 1. The smallest absolute Gasteiger partial charge is 0.248 e. The molecule has 0 aliphatic rings. The van der Waals surface area contributed by atoms with Gasteiger partial charge in [0.15, 0.2) is 0 Å². The fourth-order valence-corrected chi connectivity index (χ4v) is 2.18. The second-order valence-electron chi connectivity index (χ2n) is 2.99. The van der Waals surface area contributed by atoms with Crippen molar-refractivity contribution in [3.05, 3.63) is 30.3 Å². The lowest BCUT2D eigenvalue weighted by atomic mass is 10.3. The maximum Gasteiger partial charge on any atom is 0.248 e. The van der Waals surface area contributed by atoms with Crippen molar-refractivity contribution in [3.63, 3.8) is 0 Å². The van der Waals surface area contributed by atoms with E-state index in [1.165, 1.54) is 0 Å². The topological polar surface area (TPSA) is 63.4 Å². The Balaban J connectivity index is 2.80. The number of alkyl halides is 1. The zero-order valence-corrected chi connectivity index (χ0v) is 8.95. The molecular weight excluding hydrogens is 219 g/mol. The van der Waals surface area contributed by atoms with Crippen LogP contribution in [-0.4, -0.2) is 20.8 Å². The zero-order chi connectivity index (χ0) is 11.3. The first-order chi connectivity index (χ1) is 7.08. The molecule has 0 fully saturated rings. The monoisotopic (exact) mass is 232 g/mol. The van der Waals surface area contributed by atoms with Crippen LogP contribution in [0.15, 0.2) is 30.3 Å². The number of nitrogens with zero attached hydrogens (tertiary/aromatic N) is 1. The van der Waals surface area contributed by atoms with E-state index in [1.807, 2.05) is 0 Å². The Hall–Kier alpha value is -1.14. The van der Waals surface area contributed by atoms with Crippen LogP contribution >= 0.6 is 0 Å². The van der Waals surface area contributed by atoms with Gasteiger partial charge in [0, 0.05) is 0 Å². The quantitative estimate of drug-likeness (QED) is 0.609. The molecule has 0 radical (unpaired) electrons. The number of hydrogen-bond acceptors (Lipinski definition) is 3. The molecule has 0 aliphatic heterocycles. The van der Waals surface area contributed by atoms with Crippen molar-refractivity contribution in [1.29, 1.82) is 0 Å². The molecule has 0 amide bonds. The van der Waals surface area contributed by atoms with Crippen LogP contribution < -0.4 is 10.3 Å². The molecule has 6 heteroatoms. The van der Waals surface area contributed by atoms with Crippen molar-refractivity contribution in [1.82, 2.24) is 0 Å². The van der Waals surface area contributed by atoms with Crippen molar-refractivity contribution in [2.24, 2.45) is 5.84 Å². The molecule has 0 unspecified atom stereocenters. The van der Waals surface area contributed by atoms with Crippen LogP contribution in [0.2, 0.25) is 0 Å². The minimum Gasteiger partial charge on any atom is -0.251 e. The second-order valence-corrected chi connectivity index (χ2v) is 4.96. The maximum absolute atomic E-state index is 11.9. The summed E-state index contributed by atoms with van der Waals surface area (Å²) in [6.07, 6.45) is -0.0388. The van der Waals surface area contributed by atoms with Crippen LogP contribution in [-0.2, 0) is 10.0 Å². The number of sulfonamides is 1. The summed E-state index contributed by atoms with van der Waals surface area (Å²) in [4.78, 5) is 0. The highest BCUT2D eigenvalue weighted by molar-refractivity contribution is 7.92. The third-order valence-electron chi connectivity index (χ3n) is 1.85. The lowest BCUT2D eigenvalue weighted by Gasteiger charge is -2.17. The van der Waals surface area contributed by atoms with E-state index in [0.717, 1.165) is 0 Å². The van der Waals surface area contributed by atoms with Gasteiger partial charge in [-0.2, -0.15) is 0 Å². The predicted molar refractivity (Wildman–Crippen MR) is 57.5 cm³/mol. The number of halogens is 1. The molecular formula is C9H13FN2O2S. The molecule has 0 saturated carbocycles. The van der Waals surface area contributed by atoms with Crippen LogP contribution in [0.4, 0.5) is 10.1 Å². The van der Waals surface area contributed by atoms with E-state index in [4.69, 9.17) is 5.84 Å². The molecule has 4 nitrogen and oxygen atoms in total. The Morgan fingerprint density at radius 3 is 2.40 bits per heavy atom. The third kappa shape index (κ3) is 3.17. The summed E-state index contributed by atoms with van der Waals surface area (Å²) in [6.45, 7) is -0.665. The van der Waals surface area contributed by atoms with Crippen molar-refractivity contribution >= 4 is 15.7 Å². The molecule has 1 aromatic carbocycles. The van der Waals surface area contributed by atoms with E-state index in [0.29, 0.717) is 10.1 Å². The Morgan fingerprint density at radius 2 is 1.87 bits per heavy atom. The van der Waals surface area contributed by atoms with Crippen molar-refractivity contribution in [3.8, 4) is 0 Å². The number of anilines is 1. The summed E-state index contributed by atoms with van der Waals surface area (Å²) in [5.74, 6) is 5.15. The maximum atomic E-state index is 11.9. The van der Waals surface area contributed by atoms with Crippen LogP contribution in [0.1, 0.15) is 6.42 Å². The highest BCUT2D eigenvalue weighted by Crippen LogP contribution is 2.13. The van der Waals surface area contributed by atoms with Crippen molar-refractivity contribution in [2.45, 2.75) is 6.42 Å². The van der Waals surface area contributed by atoms with Gasteiger partial charge in [0.2, 0.25) is 10.0 Å². The van der Waals surface area contributed by atoms with E-state index >= 15 is 0 Å². The number of nitrogens with two attached hydrogens (primary N) is 1. The van der Waals surface area contributed by atoms with Gasteiger partial charge in [-0.25, -0.2) is 18.7 Å². The van der Waals surface area contributed by atoms with E-state index in [-0.39, 0.29) is 12.2 Å². The molecule has 0 heterocycles. The van der Waals surface area contributed by atoms with E-state index in [9.17, 15) is 12.8 Å². The first-order valence-corrected chi connectivity index (χ1v) is 6.07. The summed E-state index contributed by atoms with van der Waals surface area (Å²) in [6, 6.07) is 8.27. The lowest BCUT2D eigenvalue weighted by molar-refractivity contribution is 0.484. The van der Waals surface area contributed by atoms with Crippen LogP contribution in [0.3, 0.4) is 0 Å². The Morgan fingerprint density at radius 1 is 1.27 bits per heavy atom. The fraction of sp³-hybridized carbons (Fsp3) is 0.333. The van der Waals surface area contributed by atoms with Gasteiger partial charge in [0.25, 0.3) is 0 Å². The molecule has 0 aliphatic carbocycles. The molecule has 0 atom stereocenters. The molecule has 1 aromatic rings. The van der Waals surface area contributed by atoms with Gasteiger partial charge in [0.1, 0.15) is 0 Å². The molecule has 2 N–H and O–H groups in total. The predicted octanol–water partition coefficient (Wildman–Crippen LogP) is 1.06. The minimum atomic E-state index is -3.60. The van der Waals surface area contributed by atoms with Gasteiger partial charge in [-0.15, -0.1) is 0 Å². The Labute approximate surface area is 88.5 Å². The summed E-state index contributed by atoms with van der Waals surface area (Å²) in [7, 11) is -3.60. The molecule has 0 saturated heterocycles. The Kier molecular flexibility index (Phi) is 4.05. The standard InChI is InChI=1S/C9H13FN2O2S/c10-7-4-8-15(13,14)12(11)9-5-2-1-3-6-9/h1-3,5-6H,4,7-8,11H2. The number of para-hydroxylation sites is 1. The molecule has 15 heavy (non-hydrogen) atoms. The molecule has 84 valence electrons. The van der Waals surface area contributed by atoms with E-state index < -0.39 is 16.7 Å². The van der Waals surface area contributed by atoms with Gasteiger partial charge < -0.3 is 0 Å². The SMILES string of the molecule is NN(c1ccccc1)S(=O)(=O)CCCF. The van der Waals surface area contributed by atoms with Gasteiger partial charge in [-0.05, 0) is 18.6 Å². The summed E-state index contributed by atoms with van der Waals surface area (Å²) in [5, 5.41) is 0. The van der Waals surface area contributed by atoms with E-state index in [2.05, 4.69) is 0 Å². The van der Waals surface area contributed by atoms with Crippen LogP contribution in [0.25, 0.3) is 0 Å². The van der Waals surface area contributed by atoms with E-state index in [1.54, 1.807) is 30.3 Å². The minimum absolute atomic E-state index is 0.0388. The first-order valence-electron chi connectivity index (χ1n) is 4.46. The first kappa shape index (κ1) is 11.9.